The molecule has 0 saturated heterocycles. The molecule has 0 spiro atoms. The molecule has 0 fully saturated rings. The molecule has 0 aromatic heterocycles. The van der Waals surface area contributed by atoms with E-state index in [0.29, 0.717) is 0 Å². The van der Waals surface area contributed by atoms with E-state index in [1.165, 1.54) is 0 Å². The lowest BCUT2D eigenvalue weighted by Crippen LogP contribution is -2.09. The normalized spacial score (nSPS) is 12.1. The van der Waals surface area contributed by atoms with Crippen molar-refractivity contribution in [1.82, 2.24) is 0 Å². The van der Waals surface area contributed by atoms with Crippen LogP contribution >= 0.6 is 11.8 Å². The van der Waals surface area contributed by atoms with E-state index < -0.39 is 5.97 Å². The second-order valence-electron chi connectivity index (χ2n) is 5.28. The van der Waals surface area contributed by atoms with Crippen molar-refractivity contribution in [3.05, 3.63) is 53.4 Å². The molecule has 1 unspecified atom stereocenters. The van der Waals surface area contributed by atoms with Crippen LogP contribution in [0, 0.1) is 0 Å². The van der Waals surface area contributed by atoms with Gasteiger partial charge in [0.1, 0.15) is 5.75 Å². The summed E-state index contributed by atoms with van der Waals surface area (Å²) < 4.78 is 5.23. The van der Waals surface area contributed by atoms with Crippen molar-refractivity contribution in [3.8, 4) is 5.75 Å². The predicted octanol–water partition coefficient (Wildman–Crippen LogP) is 4.67. The molecule has 0 aliphatic carbocycles. The highest BCUT2D eigenvalue weighted by Gasteiger charge is 2.16. The van der Waals surface area contributed by atoms with E-state index in [1.54, 1.807) is 18.9 Å². The van der Waals surface area contributed by atoms with Crippen molar-refractivity contribution in [2.75, 3.05) is 12.9 Å². The third-order valence-electron chi connectivity index (χ3n) is 3.49. The van der Waals surface area contributed by atoms with Gasteiger partial charge in [0.2, 0.25) is 0 Å². The number of carbonyl (C=O) groups is 1. The smallest absolute Gasteiger partial charge is 0.303 e. The molecule has 0 bridgehead atoms. The molecule has 22 heavy (non-hydrogen) atoms. The number of aliphatic carboxylic acids is 1. The molecule has 0 radical (unpaired) electrons. The Kier molecular flexibility index (Phi) is 5.50. The molecular weight excluding hydrogens is 296 g/mol. The number of methoxy groups -OCH3 is 1. The van der Waals surface area contributed by atoms with Gasteiger partial charge in [0.05, 0.1) is 13.5 Å². The van der Waals surface area contributed by atoms with Crippen molar-refractivity contribution in [1.29, 1.82) is 0 Å². The third-order valence-corrected chi connectivity index (χ3v) is 4.56. The van der Waals surface area contributed by atoms with E-state index in [0.717, 1.165) is 32.7 Å². The summed E-state index contributed by atoms with van der Waals surface area (Å²) in [6.45, 7) is 5.81. The summed E-state index contributed by atoms with van der Waals surface area (Å²) in [7, 11) is 1.65. The predicted molar refractivity (Wildman–Crippen MR) is 92.8 cm³/mol. The lowest BCUT2D eigenvalue weighted by Gasteiger charge is -2.16. The van der Waals surface area contributed by atoms with Crippen molar-refractivity contribution in [2.45, 2.75) is 19.3 Å². The molecule has 2 aromatic carbocycles. The van der Waals surface area contributed by atoms with E-state index in [2.05, 4.69) is 12.6 Å². The van der Waals surface area contributed by atoms with Crippen molar-refractivity contribution >= 4 is 28.5 Å². The first kappa shape index (κ1) is 16.4. The summed E-state index contributed by atoms with van der Waals surface area (Å²) in [5.74, 6) is 0.747. The average molecular weight is 316 g/mol. The molecule has 0 aliphatic heterocycles. The molecule has 116 valence electrons. The van der Waals surface area contributed by atoms with Crippen molar-refractivity contribution in [3.63, 3.8) is 0 Å². The number of hydrogen-bond acceptors (Lipinski definition) is 3. The number of rotatable bonds is 7. The Hall–Kier alpha value is -1.94. The highest BCUT2D eigenvalue weighted by atomic mass is 32.2. The average Bonchev–Trinajstić information content (AvgIpc) is 2.49. The van der Waals surface area contributed by atoms with Gasteiger partial charge in [0, 0.05) is 11.7 Å². The van der Waals surface area contributed by atoms with E-state index in [-0.39, 0.29) is 12.3 Å². The maximum atomic E-state index is 11.1. The Morgan fingerprint density at radius 2 is 1.95 bits per heavy atom. The maximum absolute atomic E-state index is 11.1. The topological polar surface area (TPSA) is 46.5 Å². The van der Waals surface area contributed by atoms with Gasteiger partial charge < -0.3 is 9.84 Å². The minimum absolute atomic E-state index is 0.0225. The number of benzene rings is 2. The Bertz CT molecular complexity index is 694. The van der Waals surface area contributed by atoms with Gasteiger partial charge in [0.25, 0.3) is 0 Å². The van der Waals surface area contributed by atoms with Gasteiger partial charge in [-0.1, -0.05) is 30.8 Å². The monoisotopic (exact) mass is 316 g/mol. The van der Waals surface area contributed by atoms with Gasteiger partial charge in [-0.25, -0.2) is 0 Å². The van der Waals surface area contributed by atoms with Gasteiger partial charge >= 0.3 is 5.97 Å². The Morgan fingerprint density at radius 1 is 1.27 bits per heavy atom. The van der Waals surface area contributed by atoms with Gasteiger partial charge in [-0.05, 0) is 40.3 Å². The Labute approximate surface area is 135 Å². The first-order valence-electron chi connectivity index (χ1n) is 7.07. The summed E-state index contributed by atoms with van der Waals surface area (Å²) in [5, 5.41) is 11.3. The Morgan fingerprint density at radius 3 is 2.59 bits per heavy atom. The highest BCUT2D eigenvalue weighted by Crippen LogP contribution is 2.30. The van der Waals surface area contributed by atoms with Crippen LogP contribution in [0.2, 0.25) is 0 Å². The van der Waals surface area contributed by atoms with Crippen molar-refractivity contribution in [2.24, 2.45) is 0 Å². The fourth-order valence-electron chi connectivity index (χ4n) is 2.35. The minimum Gasteiger partial charge on any atom is -0.497 e. The number of allylic oxidation sites excluding steroid dienone is 1. The summed E-state index contributed by atoms with van der Waals surface area (Å²) in [6, 6.07) is 12.0. The van der Waals surface area contributed by atoms with Gasteiger partial charge in [-0.3, -0.25) is 4.79 Å². The highest BCUT2D eigenvalue weighted by molar-refractivity contribution is 8.03. The fraction of sp³-hybridized carbons (Fsp3) is 0.278. The van der Waals surface area contributed by atoms with E-state index in [9.17, 15) is 4.79 Å². The van der Waals surface area contributed by atoms with Crippen LogP contribution < -0.4 is 4.74 Å². The number of ether oxygens (including phenoxy) is 1. The van der Waals surface area contributed by atoms with Crippen molar-refractivity contribution < 1.29 is 14.6 Å². The zero-order valence-corrected chi connectivity index (χ0v) is 13.7. The SMILES string of the molecule is C=C(C)SCC(CC(=O)O)c1ccc2cc(OC)ccc2c1. The molecular formula is C18H20O3S. The van der Waals surface area contributed by atoms with E-state index >= 15 is 0 Å². The van der Waals surface area contributed by atoms with Crippen LogP contribution in [0.15, 0.2) is 47.9 Å². The molecule has 0 heterocycles. The van der Waals surface area contributed by atoms with Crippen LogP contribution in [0.25, 0.3) is 10.8 Å². The summed E-state index contributed by atoms with van der Waals surface area (Å²) in [4.78, 5) is 12.1. The first-order chi connectivity index (χ1) is 10.5. The zero-order valence-electron chi connectivity index (χ0n) is 12.8. The largest absolute Gasteiger partial charge is 0.497 e. The number of carboxylic acids is 1. The number of carboxylic acid groups (broad SMARTS) is 1. The van der Waals surface area contributed by atoms with Crippen LogP contribution in [0.5, 0.6) is 5.75 Å². The summed E-state index contributed by atoms with van der Waals surface area (Å²) >= 11 is 1.61. The van der Waals surface area contributed by atoms with Gasteiger partial charge in [-0.2, -0.15) is 0 Å². The fourth-order valence-corrected chi connectivity index (χ4v) is 3.15. The maximum Gasteiger partial charge on any atom is 0.303 e. The molecule has 4 heteroatoms. The standard InChI is InChI=1S/C18H20O3S/c1-12(2)22-11-16(10-18(19)20)14-4-5-15-9-17(21-3)7-6-13(15)8-14/h4-9,16H,1,10-11H2,2-3H3,(H,19,20). The molecule has 1 atom stereocenters. The Balaban J connectivity index is 2.31. The lowest BCUT2D eigenvalue weighted by molar-refractivity contribution is -0.137. The van der Waals surface area contributed by atoms with Crippen LogP contribution in [-0.4, -0.2) is 23.9 Å². The van der Waals surface area contributed by atoms with Crippen LogP contribution in [-0.2, 0) is 4.79 Å². The second-order valence-corrected chi connectivity index (χ2v) is 6.60. The van der Waals surface area contributed by atoms with Crippen LogP contribution in [0.1, 0.15) is 24.8 Å². The number of thioether (sulfide) groups is 1. The van der Waals surface area contributed by atoms with E-state index in [1.807, 2.05) is 37.3 Å². The summed E-state index contributed by atoms with van der Waals surface area (Å²) in [5.41, 5.74) is 1.05. The molecule has 1 N–H and O–H groups in total. The third kappa shape index (κ3) is 4.28. The molecule has 0 saturated carbocycles. The van der Waals surface area contributed by atoms with Crippen LogP contribution in [0.4, 0.5) is 0 Å². The molecule has 2 aromatic rings. The molecule has 0 amide bonds. The minimum atomic E-state index is -0.776. The lowest BCUT2D eigenvalue weighted by atomic mass is 9.95. The van der Waals surface area contributed by atoms with Crippen LogP contribution in [0.3, 0.4) is 0 Å². The molecule has 2 rings (SSSR count). The molecule has 3 nitrogen and oxygen atoms in total. The number of hydrogen-bond donors (Lipinski definition) is 1. The quantitative estimate of drug-likeness (QED) is 0.806. The molecule has 0 aliphatic rings. The van der Waals surface area contributed by atoms with Gasteiger partial charge in [-0.15, -0.1) is 11.8 Å². The zero-order chi connectivity index (χ0) is 16.1. The first-order valence-corrected chi connectivity index (χ1v) is 8.06. The second kappa shape index (κ2) is 7.36. The van der Waals surface area contributed by atoms with E-state index in [4.69, 9.17) is 9.84 Å². The van der Waals surface area contributed by atoms with Gasteiger partial charge in [0.15, 0.2) is 0 Å². The number of fused-ring (bicyclic) bond motifs is 1. The summed E-state index contributed by atoms with van der Waals surface area (Å²) in [6.07, 6.45) is 0.127.